The van der Waals surface area contributed by atoms with Gasteiger partial charge in [-0.3, -0.25) is 15.1 Å². The molecule has 0 aliphatic carbocycles. The summed E-state index contributed by atoms with van der Waals surface area (Å²) in [7, 11) is 0. The van der Waals surface area contributed by atoms with Gasteiger partial charge in [-0.1, -0.05) is 132 Å². The topological polar surface area (TPSA) is 276 Å². The largest absolute Gasteiger partial charge is 0.444 e. The first kappa shape index (κ1) is 78.7. The van der Waals surface area contributed by atoms with Crippen molar-refractivity contribution in [1.82, 2.24) is 50.6 Å². The average Bonchev–Trinajstić information content (AvgIpc) is 1.71. The molecule has 1 fully saturated rings. The van der Waals surface area contributed by atoms with E-state index in [1.165, 1.54) is 6.42 Å². The first-order valence-electron chi connectivity index (χ1n) is 34.1. The van der Waals surface area contributed by atoms with E-state index in [9.17, 15) is 22.4 Å². The van der Waals surface area contributed by atoms with Crippen LogP contribution in [0.5, 0.6) is 0 Å². The number of primary amides is 1. The number of nitrogens with one attached hydrogen (secondary N) is 2. The lowest BCUT2D eigenvalue weighted by Gasteiger charge is -2.23. The van der Waals surface area contributed by atoms with Gasteiger partial charge in [0.15, 0.2) is 61.7 Å². The number of fused-ring (bicyclic) bond motifs is 6. The molecule has 1 aliphatic heterocycles. The van der Waals surface area contributed by atoms with E-state index in [4.69, 9.17) is 34.3 Å². The molecule has 1 saturated heterocycles. The number of aromatic amines is 1. The molecule has 12 aromatic rings. The standard InChI is InChI=1S/C19H20FN5O.2C13H15BrFNO.C13H17FN2O.C11H12BrN3O.C5H11NO2/c1-3-4-9-19(2,20)17-13-8-7-12(11-15(13)26-25-17)22-18-16-14(23-24-18)6-5-10-21-16;2*1-3-4-7-13(2,15)12-10-6-5-9(14)8-11(10)17-16-12;1-3-4-7-13(2,14)12-10-6-5-9(15)8-11(10)17-16-12;12-11-10-8(4-3-6-13-10)15(14-11)9-5-1-2-7-16-9;1-5(2,3)8-4(6)7/h5-8,10-11H,3-4,9H2,1-2H3,(H2,22,23,24);2*5-6,8H,3-4,7H2,1-2H3;5-6,8H,3-4,7,15H2,1-2H3;3-4,6,9H,1-2,5,7H2;1-3H3,(H2,6,7). The lowest BCUT2D eigenvalue weighted by atomic mass is 9.95. The van der Waals surface area contributed by atoms with E-state index in [0.29, 0.717) is 93.1 Å². The molecule has 0 bridgehead atoms. The molecule has 27 heteroatoms. The number of halogens is 7. The van der Waals surface area contributed by atoms with Crippen molar-refractivity contribution < 1.29 is 49.9 Å². The molecule has 9 heterocycles. The molecule has 5 atom stereocenters. The number of pyridine rings is 2. The lowest BCUT2D eigenvalue weighted by Crippen LogP contribution is -2.27. The SMILES string of the molecule is Brc1nn(C2CCCCO2)c2cccnc12.CC(C)(C)OC(N)=O.CCCCC(C)(F)c1noc2cc(Br)ccc12.CCCCC(C)(F)c1noc2cc(Br)ccc12.CCCCC(C)(F)c1noc2cc(N)ccc12.CCCCC(C)(F)c1noc2cc(Nc3n[nH]c4cccnc34)ccc12. The quantitative estimate of drug-likeness (QED) is 0.0432. The molecule has 5 unspecified atom stereocenters. The van der Waals surface area contributed by atoms with Crippen LogP contribution in [0, 0.1) is 0 Å². The zero-order chi connectivity index (χ0) is 73.3. The highest BCUT2D eigenvalue weighted by molar-refractivity contribution is 9.11. The minimum Gasteiger partial charge on any atom is -0.444 e. The molecule has 6 N–H and O–H groups in total. The average molecular weight is 1590 g/mol. The van der Waals surface area contributed by atoms with Crippen molar-refractivity contribution in [2.75, 3.05) is 17.7 Å². The van der Waals surface area contributed by atoms with Gasteiger partial charge in [0.05, 0.1) is 11.0 Å². The minimum atomic E-state index is -1.50. The van der Waals surface area contributed by atoms with Crippen LogP contribution in [-0.2, 0) is 32.1 Å². The predicted molar refractivity (Wildman–Crippen MR) is 399 cm³/mol. The molecule has 101 heavy (non-hydrogen) atoms. The van der Waals surface area contributed by atoms with Crippen LogP contribution >= 0.6 is 47.8 Å². The second-order valence-corrected chi connectivity index (χ2v) is 29.2. The van der Waals surface area contributed by atoms with E-state index in [-0.39, 0.29) is 6.23 Å². The molecular formula is C74H90Br3F4N13O7. The lowest BCUT2D eigenvalue weighted by molar-refractivity contribution is -0.0368. The van der Waals surface area contributed by atoms with Gasteiger partial charge < -0.3 is 44.4 Å². The Labute approximate surface area is 609 Å². The molecule has 0 saturated carbocycles. The molecule has 8 aromatic heterocycles. The number of ether oxygens (including phenoxy) is 2. The van der Waals surface area contributed by atoms with E-state index in [1.807, 2.05) is 105 Å². The van der Waals surface area contributed by atoms with Crippen LogP contribution in [0.15, 0.2) is 141 Å². The maximum absolute atomic E-state index is 15.0. The zero-order valence-corrected chi connectivity index (χ0v) is 63.7. The first-order valence-corrected chi connectivity index (χ1v) is 36.4. The summed E-state index contributed by atoms with van der Waals surface area (Å²) in [6.07, 6.45) is 15.2. The van der Waals surface area contributed by atoms with Crippen LogP contribution in [0.1, 0.15) is 201 Å². The molecule has 542 valence electrons. The van der Waals surface area contributed by atoms with Crippen molar-refractivity contribution in [2.24, 2.45) is 5.73 Å². The molecule has 13 rings (SSSR count). The van der Waals surface area contributed by atoms with Crippen molar-refractivity contribution in [3.05, 3.63) is 146 Å². The van der Waals surface area contributed by atoms with Crippen molar-refractivity contribution in [3.63, 3.8) is 0 Å². The highest BCUT2D eigenvalue weighted by Gasteiger charge is 2.35. The van der Waals surface area contributed by atoms with E-state index in [1.54, 1.807) is 85.1 Å². The van der Waals surface area contributed by atoms with E-state index in [0.717, 1.165) is 123 Å². The van der Waals surface area contributed by atoms with Crippen molar-refractivity contribution in [3.8, 4) is 0 Å². The number of H-pyrrole nitrogens is 1. The number of rotatable bonds is 19. The van der Waals surface area contributed by atoms with E-state index >= 15 is 0 Å². The summed E-state index contributed by atoms with van der Waals surface area (Å²) in [6, 6.07) is 29.4. The molecule has 0 radical (unpaired) electrons. The highest BCUT2D eigenvalue weighted by Crippen LogP contribution is 2.41. The summed E-state index contributed by atoms with van der Waals surface area (Å²) >= 11 is 10.1. The van der Waals surface area contributed by atoms with Gasteiger partial charge >= 0.3 is 6.09 Å². The Kier molecular flexibility index (Phi) is 27.5. The smallest absolute Gasteiger partial charge is 0.405 e. The Morgan fingerprint density at radius 3 is 1.47 bits per heavy atom. The van der Waals surface area contributed by atoms with Gasteiger partial charge in [0.25, 0.3) is 0 Å². The molecule has 20 nitrogen and oxygen atoms in total. The fourth-order valence-electron chi connectivity index (χ4n) is 11.3. The van der Waals surface area contributed by atoms with Crippen LogP contribution < -0.4 is 16.8 Å². The number of amides is 1. The van der Waals surface area contributed by atoms with Crippen molar-refractivity contribution in [2.45, 2.75) is 207 Å². The summed E-state index contributed by atoms with van der Waals surface area (Å²) < 4.78 is 94.3. The van der Waals surface area contributed by atoms with Gasteiger partial charge in [0, 0.05) is 73.0 Å². The number of unbranched alkanes of at least 4 members (excludes halogenated alkanes) is 4. The number of nitrogens with zero attached hydrogens (tertiary/aromatic N) is 9. The first-order chi connectivity index (χ1) is 48.0. The van der Waals surface area contributed by atoms with E-state index < -0.39 is 34.4 Å². The molecule has 1 aliphatic rings. The molecule has 1 amide bonds. The zero-order valence-electron chi connectivity index (χ0n) is 59.0. The van der Waals surface area contributed by atoms with Gasteiger partial charge in [-0.05, 0) is 194 Å². The van der Waals surface area contributed by atoms with Gasteiger partial charge in [-0.15, -0.1) is 0 Å². The van der Waals surface area contributed by atoms with Crippen molar-refractivity contribution in [1.29, 1.82) is 0 Å². The van der Waals surface area contributed by atoms with Gasteiger partial charge in [-0.2, -0.15) is 10.2 Å². The highest BCUT2D eigenvalue weighted by atomic mass is 79.9. The number of hydrogen-bond acceptors (Lipinski definition) is 17. The summed E-state index contributed by atoms with van der Waals surface area (Å²) in [4.78, 5) is 18.6. The van der Waals surface area contributed by atoms with Gasteiger partial charge in [-0.25, -0.2) is 27.0 Å². The third-order valence-corrected chi connectivity index (χ3v) is 18.2. The third kappa shape index (κ3) is 21.1. The predicted octanol–water partition coefficient (Wildman–Crippen LogP) is 22.7. The Morgan fingerprint density at radius 1 is 0.594 bits per heavy atom. The maximum atomic E-state index is 15.0. The third-order valence-electron chi connectivity index (χ3n) is 16.7. The summed E-state index contributed by atoms with van der Waals surface area (Å²) in [5, 5.41) is 33.4. The number of hydrogen-bond donors (Lipinski definition) is 4. The van der Waals surface area contributed by atoms with E-state index in [2.05, 4.69) is 104 Å². The minimum absolute atomic E-state index is 0.0618. The van der Waals surface area contributed by atoms with Crippen LogP contribution in [-0.4, -0.2) is 68.9 Å². The number of benzene rings is 4. The number of nitrogens with two attached hydrogens (primary N) is 2. The maximum Gasteiger partial charge on any atom is 0.405 e. The monoisotopic (exact) mass is 1590 g/mol. The number of carbonyl (C=O) groups excluding carboxylic acids is 1. The number of aromatic nitrogens is 10. The molecule has 4 aromatic carbocycles. The summed E-state index contributed by atoms with van der Waals surface area (Å²) in [6.45, 7) is 20.5. The van der Waals surface area contributed by atoms with Crippen LogP contribution in [0.2, 0.25) is 0 Å². The summed E-state index contributed by atoms with van der Waals surface area (Å²) in [5.41, 5.74) is 12.9. The Hall–Kier alpha value is -8.01. The number of carbonyl (C=O) groups is 1. The van der Waals surface area contributed by atoms with Crippen LogP contribution in [0.4, 0.5) is 39.5 Å². The molecule has 0 spiro atoms. The second-order valence-electron chi connectivity index (χ2n) is 26.6. The fourth-order valence-corrected chi connectivity index (χ4v) is 12.4. The second kappa shape index (κ2) is 35.2. The summed E-state index contributed by atoms with van der Waals surface area (Å²) in [5.74, 6) is 0.623. The van der Waals surface area contributed by atoms with Crippen molar-refractivity contribution >= 4 is 137 Å². The number of nitrogen functional groups attached to an aromatic ring is 1. The number of alkyl halides is 4. The normalized spacial score (nSPS) is 15.4. The van der Waals surface area contributed by atoms with Gasteiger partial charge in [0.1, 0.15) is 39.4 Å². The number of anilines is 3. The van der Waals surface area contributed by atoms with Gasteiger partial charge in [0.2, 0.25) is 0 Å². The Bertz CT molecular complexity index is 4400. The Morgan fingerprint density at radius 2 is 1.03 bits per heavy atom. The fraction of sp³-hybridized carbons (Fsp3) is 0.446. The van der Waals surface area contributed by atoms with Crippen LogP contribution in [0.3, 0.4) is 0 Å². The Balaban J connectivity index is 0.000000158. The molecular weight excluding hydrogens is 1500 g/mol. The van der Waals surface area contributed by atoms with Crippen LogP contribution in [0.25, 0.3) is 65.9 Å².